The first kappa shape index (κ1) is 14.5. The lowest BCUT2D eigenvalue weighted by Crippen LogP contribution is -2.39. The highest BCUT2D eigenvalue weighted by Crippen LogP contribution is 2.19. The van der Waals surface area contributed by atoms with Crippen molar-refractivity contribution in [1.29, 1.82) is 0 Å². The number of rotatable bonds is 7. The smallest absolute Gasteiger partial charge is 0.231 e. The Morgan fingerprint density at radius 2 is 1.78 bits per heavy atom. The van der Waals surface area contributed by atoms with Crippen molar-refractivity contribution in [3.63, 3.8) is 0 Å². The second-order valence-electron chi connectivity index (χ2n) is 3.85. The van der Waals surface area contributed by atoms with Gasteiger partial charge in [0, 0.05) is 26.7 Å². The molecule has 0 amide bonds. The van der Waals surface area contributed by atoms with Crippen LogP contribution in [-0.2, 0) is 4.74 Å². The molecule has 1 aromatic heterocycles. The van der Waals surface area contributed by atoms with E-state index in [2.05, 4.69) is 9.97 Å². The molecule has 102 valence electrons. The fourth-order valence-electron chi connectivity index (χ4n) is 1.47. The number of hydrogen-bond donors (Lipinski definition) is 1. The Morgan fingerprint density at radius 3 is 2.22 bits per heavy atom. The predicted octanol–water partition coefficient (Wildman–Crippen LogP) is -0.0963. The van der Waals surface area contributed by atoms with Crippen LogP contribution in [-0.4, -0.2) is 57.5 Å². The Bertz CT molecular complexity index is 353. The second-order valence-corrected chi connectivity index (χ2v) is 3.85. The zero-order valence-corrected chi connectivity index (χ0v) is 11.2. The minimum absolute atomic E-state index is 0.110. The number of methoxy groups -OCH3 is 3. The van der Waals surface area contributed by atoms with E-state index in [-0.39, 0.29) is 6.04 Å². The number of ether oxygens (including phenoxy) is 3. The van der Waals surface area contributed by atoms with Gasteiger partial charge in [0.05, 0.1) is 26.9 Å². The van der Waals surface area contributed by atoms with Gasteiger partial charge in [-0.15, -0.1) is 0 Å². The zero-order chi connectivity index (χ0) is 13.5. The van der Waals surface area contributed by atoms with Crippen molar-refractivity contribution < 1.29 is 14.2 Å². The van der Waals surface area contributed by atoms with Crippen LogP contribution in [0.5, 0.6) is 11.8 Å². The fourth-order valence-corrected chi connectivity index (χ4v) is 1.47. The summed E-state index contributed by atoms with van der Waals surface area (Å²) in [6, 6.07) is 1.51. The molecule has 0 aromatic carbocycles. The van der Waals surface area contributed by atoms with Gasteiger partial charge in [-0.1, -0.05) is 0 Å². The average Bonchev–Trinajstić information content (AvgIpc) is 2.38. The first-order chi connectivity index (χ1) is 8.60. The van der Waals surface area contributed by atoms with Crippen LogP contribution in [0.3, 0.4) is 0 Å². The summed E-state index contributed by atoms with van der Waals surface area (Å²) in [7, 11) is 6.55. The van der Waals surface area contributed by atoms with Crippen LogP contribution in [0.2, 0.25) is 0 Å². The highest BCUT2D eigenvalue weighted by Gasteiger charge is 2.12. The number of nitrogens with two attached hydrogens (primary N) is 1. The third kappa shape index (κ3) is 4.01. The molecular weight excluding hydrogens is 236 g/mol. The molecule has 1 unspecified atom stereocenters. The van der Waals surface area contributed by atoms with Gasteiger partial charge >= 0.3 is 0 Å². The van der Waals surface area contributed by atoms with Gasteiger partial charge in [-0.05, 0) is 0 Å². The fraction of sp³-hybridized carbons (Fsp3) is 0.636. The van der Waals surface area contributed by atoms with Crippen molar-refractivity contribution in [3.8, 4) is 11.8 Å². The SMILES string of the molecule is COCC(N)CN(C)c1nc(OC)cc(OC)n1. The lowest BCUT2D eigenvalue weighted by molar-refractivity contribution is 0.181. The molecule has 1 heterocycles. The van der Waals surface area contributed by atoms with Crippen molar-refractivity contribution in [2.45, 2.75) is 6.04 Å². The molecule has 0 fully saturated rings. The predicted molar refractivity (Wildman–Crippen MR) is 68.3 cm³/mol. The number of hydrogen-bond acceptors (Lipinski definition) is 7. The number of likely N-dealkylation sites (N-methyl/N-ethyl adjacent to an activating group) is 1. The van der Waals surface area contributed by atoms with Crippen LogP contribution >= 0.6 is 0 Å². The Labute approximate surface area is 107 Å². The largest absolute Gasteiger partial charge is 0.481 e. The van der Waals surface area contributed by atoms with Gasteiger partial charge in [0.25, 0.3) is 0 Å². The Balaban J connectivity index is 2.80. The summed E-state index contributed by atoms with van der Waals surface area (Å²) in [6.45, 7) is 1.05. The maximum atomic E-state index is 5.88. The molecule has 18 heavy (non-hydrogen) atoms. The van der Waals surface area contributed by atoms with Crippen LogP contribution in [0.4, 0.5) is 5.95 Å². The van der Waals surface area contributed by atoms with E-state index in [0.29, 0.717) is 30.9 Å². The summed E-state index contributed by atoms with van der Waals surface area (Å²) in [5.41, 5.74) is 5.88. The quantitative estimate of drug-likeness (QED) is 0.729. The first-order valence-electron chi connectivity index (χ1n) is 5.53. The van der Waals surface area contributed by atoms with E-state index >= 15 is 0 Å². The topological polar surface area (TPSA) is 82.7 Å². The van der Waals surface area contributed by atoms with E-state index < -0.39 is 0 Å². The molecule has 0 aliphatic heterocycles. The Morgan fingerprint density at radius 1 is 1.22 bits per heavy atom. The van der Waals surface area contributed by atoms with E-state index in [9.17, 15) is 0 Å². The minimum atomic E-state index is -0.110. The summed E-state index contributed by atoms with van der Waals surface area (Å²) in [5, 5.41) is 0. The van der Waals surface area contributed by atoms with Gasteiger partial charge < -0.3 is 24.8 Å². The normalized spacial score (nSPS) is 12.1. The summed E-state index contributed by atoms with van der Waals surface area (Å²) in [4.78, 5) is 10.3. The van der Waals surface area contributed by atoms with Gasteiger partial charge in [0.15, 0.2) is 0 Å². The molecule has 1 atom stereocenters. The summed E-state index contributed by atoms with van der Waals surface area (Å²) in [5.74, 6) is 1.39. The van der Waals surface area contributed by atoms with Gasteiger partial charge in [-0.25, -0.2) is 0 Å². The number of anilines is 1. The molecule has 7 nitrogen and oxygen atoms in total. The maximum absolute atomic E-state index is 5.88. The highest BCUT2D eigenvalue weighted by molar-refractivity contribution is 5.36. The molecule has 2 N–H and O–H groups in total. The lowest BCUT2D eigenvalue weighted by atomic mass is 10.3. The van der Waals surface area contributed by atoms with Gasteiger partial charge in [-0.3, -0.25) is 0 Å². The first-order valence-corrected chi connectivity index (χ1v) is 5.53. The van der Waals surface area contributed by atoms with Gasteiger partial charge in [0.2, 0.25) is 17.7 Å². The molecule has 0 aliphatic carbocycles. The zero-order valence-electron chi connectivity index (χ0n) is 11.2. The van der Waals surface area contributed by atoms with E-state index in [1.165, 1.54) is 0 Å². The average molecular weight is 256 g/mol. The summed E-state index contributed by atoms with van der Waals surface area (Å²) in [6.07, 6.45) is 0. The van der Waals surface area contributed by atoms with Crippen molar-refractivity contribution in [2.24, 2.45) is 5.73 Å². The van der Waals surface area contributed by atoms with Crippen molar-refractivity contribution in [1.82, 2.24) is 9.97 Å². The molecule has 0 bridgehead atoms. The van der Waals surface area contributed by atoms with Crippen molar-refractivity contribution in [2.75, 3.05) is 46.4 Å². The minimum Gasteiger partial charge on any atom is -0.481 e. The third-order valence-electron chi connectivity index (χ3n) is 2.32. The second kappa shape index (κ2) is 6.97. The van der Waals surface area contributed by atoms with Crippen LogP contribution in [0.15, 0.2) is 6.07 Å². The summed E-state index contributed by atoms with van der Waals surface area (Å²) >= 11 is 0. The number of aromatic nitrogens is 2. The van der Waals surface area contributed by atoms with Gasteiger partial charge in [0.1, 0.15) is 0 Å². The Hall–Kier alpha value is -1.60. The lowest BCUT2D eigenvalue weighted by Gasteiger charge is -2.21. The van der Waals surface area contributed by atoms with E-state index in [1.807, 2.05) is 11.9 Å². The molecule has 0 spiro atoms. The molecule has 1 aromatic rings. The van der Waals surface area contributed by atoms with Crippen molar-refractivity contribution in [3.05, 3.63) is 6.07 Å². The molecule has 0 saturated carbocycles. The van der Waals surface area contributed by atoms with Crippen LogP contribution in [0, 0.1) is 0 Å². The molecular formula is C11H20N4O3. The van der Waals surface area contributed by atoms with Crippen LogP contribution in [0.25, 0.3) is 0 Å². The molecule has 0 aliphatic rings. The summed E-state index contributed by atoms with van der Waals surface area (Å²) < 4.78 is 15.2. The van der Waals surface area contributed by atoms with Crippen LogP contribution < -0.4 is 20.1 Å². The molecule has 0 radical (unpaired) electrons. The Kier molecular flexibility index (Phi) is 5.60. The standard InChI is InChI=1S/C11H20N4O3/c1-15(6-8(12)7-16-2)11-13-9(17-3)5-10(14-11)18-4/h5,8H,6-7,12H2,1-4H3. The van der Waals surface area contributed by atoms with E-state index in [0.717, 1.165) is 0 Å². The molecule has 7 heteroatoms. The van der Waals surface area contributed by atoms with Crippen LogP contribution in [0.1, 0.15) is 0 Å². The monoisotopic (exact) mass is 256 g/mol. The van der Waals surface area contributed by atoms with Crippen molar-refractivity contribution >= 4 is 5.95 Å². The van der Waals surface area contributed by atoms with E-state index in [4.69, 9.17) is 19.9 Å². The molecule has 1 rings (SSSR count). The maximum Gasteiger partial charge on any atom is 0.231 e. The van der Waals surface area contributed by atoms with E-state index in [1.54, 1.807) is 27.4 Å². The molecule has 0 saturated heterocycles. The third-order valence-corrected chi connectivity index (χ3v) is 2.32. The highest BCUT2D eigenvalue weighted by atomic mass is 16.5. The van der Waals surface area contributed by atoms with Gasteiger partial charge in [-0.2, -0.15) is 9.97 Å². The number of nitrogens with zero attached hydrogens (tertiary/aromatic N) is 3.